The summed E-state index contributed by atoms with van der Waals surface area (Å²) in [5, 5.41) is 7.01. The van der Waals surface area contributed by atoms with E-state index >= 15 is 0 Å². The summed E-state index contributed by atoms with van der Waals surface area (Å²) in [6.45, 7) is 7.21. The Morgan fingerprint density at radius 1 is 1.03 bits per heavy atom. The van der Waals surface area contributed by atoms with Gasteiger partial charge < -0.3 is 20.4 Å². The van der Waals surface area contributed by atoms with Gasteiger partial charge in [0.05, 0.1) is 0 Å². The molecule has 1 aromatic carbocycles. The zero-order valence-electron chi connectivity index (χ0n) is 17.1. The molecule has 1 atom stereocenters. The Bertz CT molecular complexity index is 821. The Hall–Kier alpha value is -2.41. The lowest BCUT2D eigenvalue weighted by Crippen LogP contribution is -2.35. The van der Waals surface area contributed by atoms with Crippen molar-refractivity contribution in [3.05, 3.63) is 42.0 Å². The molecule has 0 spiro atoms. The molecule has 4 rings (SSSR count). The molecule has 3 heterocycles. The van der Waals surface area contributed by atoms with Gasteiger partial charge in [-0.3, -0.25) is 0 Å². The number of nitrogens with zero attached hydrogens (tertiary/aromatic N) is 4. The minimum Gasteiger partial charge on any atom is -0.358 e. The summed E-state index contributed by atoms with van der Waals surface area (Å²) >= 11 is 5.50. The van der Waals surface area contributed by atoms with Crippen LogP contribution in [0.4, 0.5) is 17.6 Å². The predicted molar refractivity (Wildman–Crippen MR) is 124 cm³/mol. The van der Waals surface area contributed by atoms with E-state index in [0.717, 1.165) is 37.8 Å². The number of benzene rings is 1. The highest BCUT2D eigenvalue weighted by Crippen LogP contribution is 2.27. The van der Waals surface area contributed by atoms with Crippen LogP contribution in [0.5, 0.6) is 0 Å². The lowest BCUT2D eigenvalue weighted by Gasteiger charge is -2.32. The van der Waals surface area contributed by atoms with Crippen LogP contribution in [0.1, 0.15) is 38.2 Å². The average molecular weight is 411 g/mol. The number of anilines is 3. The molecular weight excluding hydrogens is 380 g/mol. The topological polar surface area (TPSA) is 56.3 Å². The van der Waals surface area contributed by atoms with Crippen molar-refractivity contribution in [3.63, 3.8) is 0 Å². The number of hydrogen-bond acceptors (Lipinski definition) is 5. The highest BCUT2D eigenvalue weighted by atomic mass is 32.1. The van der Waals surface area contributed by atoms with Crippen molar-refractivity contribution >= 4 is 34.9 Å². The molecule has 0 aliphatic carbocycles. The molecule has 0 saturated carbocycles. The van der Waals surface area contributed by atoms with E-state index < -0.39 is 0 Å². The summed E-state index contributed by atoms with van der Waals surface area (Å²) in [6, 6.07) is 12.4. The van der Waals surface area contributed by atoms with Gasteiger partial charge in [-0.2, -0.15) is 9.97 Å². The van der Waals surface area contributed by atoms with Crippen LogP contribution in [-0.4, -0.2) is 41.3 Å². The highest BCUT2D eigenvalue weighted by molar-refractivity contribution is 7.80. The molecule has 0 amide bonds. The number of aromatic nitrogens is 2. The first-order valence-corrected chi connectivity index (χ1v) is 11.1. The van der Waals surface area contributed by atoms with Crippen molar-refractivity contribution in [1.29, 1.82) is 0 Å². The summed E-state index contributed by atoms with van der Waals surface area (Å²) in [5.74, 6) is 3.27. The van der Waals surface area contributed by atoms with Gasteiger partial charge in [-0.05, 0) is 49.4 Å². The predicted octanol–water partition coefficient (Wildman–Crippen LogP) is 3.80. The molecule has 2 fully saturated rings. The van der Waals surface area contributed by atoms with Gasteiger partial charge in [0.1, 0.15) is 11.6 Å². The van der Waals surface area contributed by atoms with E-state index in [1.165, 1.54) is 31.2 Å². The summed E-state index contributed by atoms with van der Waals surface area (Å²) < 4.78 is 0. The second kappa shape index (κ2) is 9.39. The lowest BCUT2D eigenvalue weighted by molar-refractivity contribution is 0.444. The first kappa shape index (κ1) is 19.9. The molecule has 1 unspecified atom stereocenters. The van der Waals surface area contributed by atoms with Crippen LogP contribution in [0, 0.1) is 5.92 Å². The van der Waals surface area contributed by atoms with Crippen LogP contribution in [0.15, 0.2) is 36.4 Å². The summed E-state index contributed by atoms with van der Waals surface area (Å²) in [4.78, 5) is 14.3. The second-order valence-corrected chi connectivity index (χ2v) is 8.50. The third-order valence-electron chi connectivity index (χ3n) is 5.63. The minimum atomic E-state index is 0.547. The third kappa shape index (κ3) is 5.35. The van der Waals surface area contributed by atoms with Gasteiger partial charge in [0.25, 0.3) is 0 Å². The molecule has 2 aliphatic rings. The van der Waals surface area contributed by atoms with Crippen LogP contribution in [-0.2, 0) is 6.54 Å². The number of thiocarbonyl (C=S) groups is 1. The maximum Gasteiger partial charge on any atom is 0.232 e. The molecule has 0 radical (unpaired) electrons. The Morgan fingerprint density at radius 2 is 1.72 bits per heavy atom. The molecule has 1 aromatic heterocycles. The van der Waals surface area contributed by atoms with E-state index in [-0.39, 0.29) is 0 Å². The van der Waals surface area contributed by atoms with Crippen molar-refractivity contribution in [2.75, 3.05) is 41.3 Å². The van der Waals surface area contributed by atoms with E-state index in [9.17, 15) is 0 Å². The van der Waals surface area contributed by atoms with Crippen LogP contribution < -0.4 is 20.4 Å². The lowest BCUT2D eigenvalue weighted by atomic mass is 10.0. The number of piperidine rings is 1. The largest absolute Gasteiger partial charge is 0.358 e. The Kier molecular flexibility index (Phi) is 6.44. The highest BCUT2D eigenvalue weighted by Gasteiger charge is 2.21. The van der Waals surface area contributed by atoms with Crippen LogP contribution in [0.3, 0.4) is 0 Å². The molecule has 2 aromatic rings. The first-order chi connectivity index (χ1) is 14.2. The molecule has 7 heteroatoms. The van der Waals surface area contributed by atoms with E-state index in [1.54, 1.807) is 0 Å². The molecule has 154 valence electrons. The summed E-state index contributed by atoms with van der Waals surface area (Å²) in [7, 11) is 0. The fourth-order valence-corrected chi connectivity index (χ4v) is 4.23. The van der Waals surface area contributed by atoms with Crippen LogP contribution in [0.25, 0.3) is 0 Å². The van der Waals surface area contributed by atoms with Crippen LogP contribution >= 0.6 is 12.2 Å². The maximum absolute atomic E-state index is 5.50. The van der Waals surface area contributed by atoms with Gasteiger partial charge >= 0.3 is 0 Å². The summed E-state index contributed by atoms with van der Waals surface area (Å²) in [6.07, 6.45) is 4.95. The second-order valence-electron chi connectivity index (χ2n) is 8.09. The molecule has 29 heavy (non-hydrogen) atoms. The molecule has 2 aliphatic heterocycles. The Balaban J connectivity index is 1.49. The van der Waals surface area contributed by atoms with Crippen molar-refractivity contribution in [1.82, 2.24) is 15.3 Å². The maximum atomic E-state index is 5.50. The normalized spacial score (nSPS) is 19.3. The Labute approximate surface area is 178 Å². The molecular formula is C22H30N6S. The average Bonchev–Trinajstić information content (AvgIpc) is 3.28. The SMILES string of the molecule is CC1CCCN(c2cc(N3CCCC3)nc(NC(=S)NCc3ccccc3)n2)C1. The van der Waals surface area contributed by atoms with Gasteiger partial charge in [-0.25, -0.2) is 0 Å². The van der Waals surface area contributed by atoms with Gasteiger partial charge in [-0.1, -0.05) is 37.3 Å². The van der Waals surface area contributed by atoms with Gasteiger partial charge in [0.15, 0.2) is 5.11 Å². The fourth-order valence-electron chi connectivity index (χ4n) is 4.07. The number of nitrogens with one attached hydrogen (secondary N) is 2. The van der Waals surface area contributed by atoms with Crippen molar-refractivity contribution in [2.24, 2.45) is 5.92 Å². The molecule has 0 bridgehead atoms. The standard InChI is InChI=1S/C22H30N6S/c1-17-8-7-13-28(16-17)20-14-19(27-11-5-6-12-27)24-21(25-20)26-22(29)23-15-18-9-3-2-4-10-18/h2-4,9-10,14,17H,5-8,11-13,15-16H2,1H3,(H2,23,24,25,26,29). The number of hydrogen-bond donors (Lipinski definition) is 2. The van der Waals surface area contributed by atoms with Gasteiger partial charge in [0.2, 0.25) is 5.95 Å². The van der Waals surface area contributed by atoms with E-state index in [4.69, 9.17) is 22.2 Å². The van der Waals surface area contributed by atoms with Crippen molar-refractivity contribution < 1.29 is 0 Å². The van der Waals surface area contributed by atoms with Crippen molar-refractivity contribution in [2.45, 2.75) is 39.2 Å². The number of rotatable bonds is 5. The monoisotopic (exact) mass is 410 g/mol. The van der Waals surface area contributed by atoms with Gasteiger partial charge in [0, 0.05) is 38.8 Å². The van der Waals surface area contributed by atoms with Crippen molar-refractivity contribution in [3.8, 4) is 0 Å². The van der Waals surface area contributed by atoms with E-state index in [2.05, 4.69) is 45.6 Å². The Morgan fingerprint density at radius 3 is 2.45 bits per heavy atom. The third-order valence-corrected chi connectivity index (χ3v) is 5.88. The fraction of sp³-hybridized carbons (Fsp3) is 0.500. The molecule has 2 N–H and O–H groups in total. The smallest absolute Gasteiger partial charge is 0.232 e. The quantitative estimate of drug-likeness (QED) is 0.727. The zero-order valence-corrected chi connectivity index (χ0v) is 17.9. The first-order valence-electron chi connectivity index (χ1n) is 10.6. The van der Waals surface area contributed by atoms with E-state index in [1.807, 2.05) is 18.2 Å². The minimum absolute atomic E-state index is 0.547. The van der Waals surface area contributed by atoms with E-state index in [0.29, 0.717) is 23.5 Å². The summed E-state index contributed by atoms with van der Waals surface area (Å²) in [5.41, 5.74) is 1.19. The zero-order chi connectivity index (χ0) is 20.1. The molecule has 2 saturated heterocycles. The molecule has 6 nitrogen and oxygen atoms in total. The van der Waals surface area contributed by atoms with Gasteiger partial charge in [-0.15, -0.1) is 0 Å². The van der Waals surface area contributed by atoms with Crippen LogP contribution in [0.2, 0.25) is 0 Å².